The third-order valence-corrected chi connectivity index (χ3v) is 3.20. The van der Waals surface area contributed by atoms with E-state index in [1.54, 1.807) is 18.6 Å². The molecule has 3 aromatic rings. The molecule has 0 saturated carbocycles. The predicted molar refractivity (Wildman–Crippen MR) is 88.9 cm³/mol. The Morgan fingerprint density at radius 2 is 1.88 bits per heavy atom. The van der Waals surface area contributed by atoms with Crippen LogP contribution in [0.1, 0.15) is 32.2 Å². The summed E-state index contributed by atoms with van der Waals surface area (Å²) in [6.45, 7) is 6.66. The van der Waals surface area contributed by atoms with Crippen LogP contribution in [0.25, 0.3) is 0 Å². The topological polar surface area (TPSA) is 86.0 Å². The van der Waals surface area contributed by atoms with Gasteiger partial charge in [-0.15, -0.1) is 5.10 Å². The van der Waals surface area contributed by atoms with Crippen molar-refractivity contribution in [3.05, 3.63) is 54.3 Å². The zero-order valence-electron chi connectivity index (χ0n) is 13.9. The fourth-order valence-corrected chi connectivity index (χ4v) is 1.91. The highest BCUT2D eigenvalue weighted by Gasteiger charge is 2.21. The van der Waals surface area contributed by atoms with Crippen LogP contribution in [0.3, 0.4) is 0 Å². The lowest BCUT2D eigenvalue weighted by Crippen LogP contribution is -2.11. The summed E-state index contributed by atoms with van der Waals surface area (Å²) in [5, 5.41) is 11.2. The van der Waals surface area contributed by atoms with Gasteiger partial charge in [0.1, 0.15) is 5.75 Å². The van der Waals surface area contributed by atoms with E-state index in [9.17, 15) is 0 Å². The summed E-state index contributed by atoms with van der Waals surface area (Å²) in [5.74, 6) is 1.77. The molecule has 7 heteroatoms. The lowest BCUT2D eigenvalue weighted by molar-refractivity contribution is 0.399. The SMILES string of the molecule is CC(C)(C)c1nnc(NCc2ccc(Oc3cnccn3)cc2)o1. The largest absolute Gasteiger partial charge is 0.438 e. The van der Waals surface area contributed by atoms with Crippen LogP contribution < -0.4 is 10.1 Å². The van der Waals surface area contributed by atoms with E-state index in [2.05, 4.69) is 25.5 Å². The highest BCUT2D eigenvalue weighted by atomic mass is 16.5. The van der Waals surface area contributed by atoms with Gasteiger partial charge in [0.05, 0.1) is 6.20 Å². The van der Waals surface area contributed by atoms with Crippen LogP contribution in [0.5, 0.6) is 11.6 Å². The number of hydrogen-bond acceptors (Lipinski definition) is 7. The van der Waals surface area contributed by atoms with Gasteiger partial charge in [-0.25, -0.2) is 4.98 Å². The van der Waals surface area contributed by atoms with Crippen molar-refractivity contribution in [3.63, 3.8) is 0 Å². The van der Waals surface area contributed by atoms with E-state index >= 15 is 0 Å². The number of nitrogens with one attached hydrogen (secondary N) is 1. The molecular formula is C17H19N5O2. The fourth-order valence-electron chi connectivity index (χ4n) is 1.91. The molecule has 0 fully saturated rings. The first-order valence-electron chi connectivity index (χ1n) is 7.61. The van der Waals surface area contributed by atoms with Gasteiger partial charge < -0.3 is 14.5 Å². The molecule has 1 N–H and O–H groups in total. The third kappa shape index (κ3) is 4.07. The van der Waals surface area contributed by atoms with Crippen LogP contribution in [-0.2, 0) is 12.0 Å². The number of hydrogen-bond donors (Lipinski definition) is 1. The molecule has 3 rings (SSSR count). The first-order chi connectivity index (χ1) is 11.5. The van der Waals surface area contributed by atoms with Crippen LogP contribution in [-0.4, -0.2) is 20.2 Å². The van der Waals surface area contributed by atoms with E-state index < -0.39 is 0 Å². The van der Waals surface area contributed by atoms with E-state index in [0.717, 1.165) is 5.56 Å². The van der Waals surface area contributed by atoms with Gasteiger partial charge in [-0.05, 0) is 17.7 Å². The van der Waals surface area contributed by atoms with E-state index in [1.807, 2.05) is 45.0 Å². The summed E-state index contributed by atoms with van der Waals surface area (Å²) in [6.07, 6.45) is 4.76. The molecule has 0 spiro atoms. The summed E-state index contributed by atoms with van der Waals surface area (Å²) in [4.78, 5) is 8.03. The molecule has 0 unspecified atom stereocenters. The second-order valence-corrected chi connectivity index (χ2v) is 6.31. The molecule has 7 nitrogen and oxygen atoms in total. The Bertz CT molecular complexity index is 779. The Hall–Kier alpha value is -2.96. The number of aromatic nitrogens is 4. The zero-order valence-corrected chi connectivity index (χ0v) is 13.9. The van der Waals surface area contributed by atoms with E-state index in [1.165, 1.54) is 0 Å². The molecule has 124 valence electrons. The number of anilines is 1. The molecule has 1 aromatic carbocycles. The molecule has 0 saturated heterocycles. The highest BCUT2D eigenvalue weighted by Crippen LogP contribution is 2.22. The third-order valence-electron chi connectivity index (χ3n) is 3.20. The maximum Gasteiger partial charge on any atom is 0.315 e. The Morgan fingerprint density at radius 1 is 1.08 bits per heavy atom. The average molecular weight is 325 g/mol. The molecule has 0 radical (unpaired) electrons. The van der Waals surface area contributed by atoms with E-state index in [0.29, 0.717) is 30.1 Å². The molecule has 24 heavy (non-hydrogen) atoms. The van der Waals surface area contributed by atoms with Gasteiger partial charge in [-0.1, -0.05) is 38.0 Å². The molecule has 2 heterocycles. The maximum atomic E-state index is 5.60. The van der Waals surface area contributed by atoms with Crippen molar-refractivity contribution < 1.29 is 9.15 Å². The lowest BCUT2D eigenvalue weighted by atomic mass is 9.97. The van der Waals surface area contributed by atoms with Gasteiger partial charge in [0.25, 0.3) is 0 Å². The van der Waals surface area contributed by atoms with Gasteiger partial charge >= 0.3 is 6.01 Å². The van der Waals surface area contributed by atoms with Crippen LogP contribution in [0.2, 0.25) is 0 Å². The first-order valence-corrected chi connectivity index (χ1v) is 7.61. The highest BCUT2D eigenvalue weighted by molar-refractivity contribution is 5.32. The van der Waals surface area contributed by atoms with Crippen molar-refractivity contribution in [2.45, 2.75) is 32.7 Å². The standard InChI is InChI=1S/C17H19N5O2/c1-17(2,3)15-21-22-16(24-15)20-10-12-4-6-13(7-5-12)23-14-11-18-8-9-19-14/h4-9,11H,10H2,1-3H3,(H,20,22). The van der Waals surface area contributed by atoms with Gasteiger partial charge in [-0.2, -0.15) is 0 Å². The van der Waals surface area contributed by atoms with E-state index in [-0.39, 0.29) is 5.41 Å². The quantitative estimate of drug-likeness (QED) is 0.767. The van der Waals surface area contributed by atoms with Crippen LogP contribution in [0.4, 0.5) is 6.01 Å². The van der Waals surface area contributed by atoms with Crippen molar-refractivity contribution in [1.82, 2.24) is 20.2 Å². The number of ether oxygens (including phenoxy) is 1. The Morgan fingerprint density at radius 3 is 2.50 bits per heavy atom. The van der Waals surface area contributed by atoms with Crippen LogP contribution in [0.15, 0.2) is 47.3 Å². The molecule has 0 amide bonds. The molecule has 0 bridgehead atoms. The Labute approximate surface area is 140 Å². The minimum absolute atomic E-state index is 0.160. The molecular weight excluding hydrogens is 306 g/mol. The molecule has 0 aliphatic rings. The lowest BCUT2D eigenvalue weighted by Gasteiger charge is -2.11. The minimum atomic E-state index is -0.160. The number of nitrogens with zero attached hydrogens (tertiary/aromatic N) is 4. The summed E-state index contributed by atoms with van der Waals surface area (Å²) in [7, 11) is 0. The summed E-state index contributed by atoms with van der Waals surface area (Å²) < 4.78 is 11.2. The normalized spacial score (nSPS) is 11.3. The smallest absolute Gasteiger partial charge is 0.315 e. The van der Waals surface area contributed by atoms with Crippen molar-refractivity contribution in [2.75, 3.05) is 5.32 Å². The second kappa shape index (κ2) is 6.66. The average Bonchev–Trinajstić information content (AvgIpc) is 3.05. The zero-order chi connectivity index (χ0) is 17.0. The van der Waals surface area contributed by atoms with Gasteiger partial charge in [0, 0.05) is 24.4 Å². The van der Waals surface area contributed by atoms with Crippen molar-refractivity contribution in [1.29, 1.82) is 0 Å². The van der Waals surface area contributed by atoms with Crippen molar-refractivity contribution >= 4 is 6.01 Å². The van der Waals surface area contributed by atoms with Gasteiger partial charge in [0.15, 0.2) is 0 Å². The summed E-state index contributed by atoms with van der Waals surface area (Å²) in [5.41, 5.74) is 0.906. The van der Waals surface area contributed by atoms with Gasteiger partial charge in [0.2, 0.25) is 11.8 Å². The molecule has 0 aliphatic carbocycles. The van der Waals surface area contributed by atoms with Crippen LogP contribution >= 0.6 is 0 Å². The molecule has 2 aromatic heterocycles. The van der Waals surface area contributed by atoms with E-state index in [4.69, 9.17) is 9.15 Å². The van der Waals surface area contributed by atoms with Crippen LogP contribution in [0, 0.1) is 0 Å². The Balaban J connectivity index is 1.57. The molecule has 0 atom stereocenters. The second-order valence-electron chi connectivity index (χ2n) is 6.31. The first kappa shape index (κ1) is 15.9. The summed E-state index contributed by atoms with van der Waals surface area (Å²) in [6, 6.07) is 8.08. The fraction of sp³-hybridized carbons (Fsp3) is 0.294. The summed E-state index contributed by atoms with van der Waals surface area (Å²) >= 11 is 0. The molecule has 0 aliphatic heterocycles. The van der Waals surface area contributed by atoms with Gasteiger partial charge in [-0.3, -0.25) is 4.98 Å². The number of rotatable bonds is 5. The van der Waals surface area contributed by atoms with Crippen molar-refractivity contribution in [3.8, 4) is 11.6 Å². The minimum Gasteiger partial charge on any atom is -0.438 e. The maximum absolute atomic E-state index is 5.60. The van der Waals surface area contributed by atoms with Crippen molar-refractivity contribution in [2.24, 2.45) is 0 Å². The predicted octanol–water partition coefficient (Wildman–Crippen LogP) is 3.56. The number of benzene rings is 1. The Kier molecular flexibility index (Phi) is 4.41. The monoisotopic (exact) mass is 325 g/mol.